The second-order valence-electron chi connectivity index (χ2n) is 5.56. The van der Waals surface area contributed by atoms with E-state index < -0.39 is 35.0 Å². The lowest BCUT2D eigenvalue weighted by molar-refractivity contribution is 0.00889. The molecule has 2 fully saturated rings. The molecule has 0 radical (unpaired) electrons. The predicted octanol–water partition coefficient (Wildman–Crippen LogP) is -0.903. The molecular formula is C12H15FN2O4. The summed E-state index contributed by atoms with van der Waals surface area (Å²) in [5.41, 5.74) is -1.70. The lowest BCUT2D eigenvalue weighted by Crippen LogP contribution is -2.38. The molecule has 0 aliphatic heterocycles. The van der Waals surface area contributed by atoms with Gasteiger partial charge in [-0.25, -0.2) is 9.18 Å². The summed E-state index contributed by atoms with van der Waals surface area (Å²) in [5, 5.41) is 19.2. The Labute approximate surface area is 107 Å². The van der Waals surface area contributed by atoms with E-state index in [2.05, 4.69) is 4.98 Å². The SMILES string of the molecule is Cc1cn([C@H]2[C@H](F)[C@H](O)[C@]3(CO)C[C@H]23)c(=O)[nH]c1=O. The Bertz CT molecular complexity index is 639. The van der Waals surface area contributed by atoms with Gasteiger partial charge in [-0.3, -0.25) is 14.3 Å². The Morgan fingerprint density at radius 1 is 1.58 bits per heavy atom. The van der Waals surface area contributed by atoms with E-state index >= 15 is 0 Å². The van der Waals surface area contributed by atoms with Crippen LogP contribution in [0.25, 0.3) is 0 Å². The average Bonchev–Trinajstić information content (AvgIpc) is 3.05. The molecule has 2 saturated carbocycles. The van der Waals surface area contributed by atoms with Gasteiger partial charge in [-0.1, -0.05) is 0 Å². The lowest BCUT2D eigenvalue weighted by Gasteiger charge is -2.21. The molecular weight excluding hydrogens is 255 g/mol. The van der Waals surface area contributed by atoms with E-state index in [0.717, 1.165) is 4.57 Å². The minimum atomic E-state index is -1.62. The summed E-state index contributed by atoms with van der Waals surface area (Å²) < 4.78 is 15.3. The van der Waals surface area contributed by atoms with Crippen LogP contribution in [0.5, 0.6) is 0 Å². The van der Waals surface area contributed by atoms with Crippen molar-refractivity contribution < 1.29 is 14.6 Å². The van der Waals surface area contributed by atoms with Crippen molar-refractivity contribution in [2.45, 2.75) is 31.7 Å². The van der Waals surface area contributed by atoms with Crippen LogP contribution in [0.3, 0.4) is 0 Å². The number of nitrogens with one attached hydrogen (secondary N) is 1. The highest BCUT2D eigenvalue weighted by molar-refractivity contribution is 5.21. The number of halogens is 1. The van der Waals surface area contributed by atoms with E-state index in [9.17, 15) is 24.2 Å². The second-order valence-corrected chi connectivity index (χ2v) is 5.56. The van der Waals surface area contributed by atoms with Crippen LogP contribution < -0.4 is 11.2 Å². The third-order valence-electron chi connectivity index (χ3n) is 4.57. The molecule has 19 heavy (non-hydrogen) atoms. The van der Waals surface area contributed by atoms with Crippen molar-refractivity contribution in [3.8, 4) is 0 Å². The smallest absolute Gasteiger partial charge is 0.328 e. The number of aromatic nitrogens is 2. The second kappa shape index (κ2) is 3.77. The van der Waals surface area contributed by atoms with Crippen molar-refractivity contribution in [2.24, 2.45) is 11.3 Å². The van der Waals surface area contributed by atoms with Crippen molar-refractivity contribution in [3.63, 3.8) is 0 Å². The normalized spacial score (nSPS) is 40.2. The maximum absolute atomic E-state index is 14.2. The zero-order valence-electron chi connectivity index (χ0n) is 10.3. The zero-order valence-corrected chi connectivity index (χ0v) is 10.3. The maximum atomic E-state index is 14.2. The summed E-state index contributed by atoms with van der Waals surface area (Å²) in [6, 6.07) is -0.829. The molecule has 5 atom stereocenters. The number of hydrogen-bond donors (Lipinski definition) is 3. The zero-order chi connectivity index (χ0) is 13.9. The topological polar surface area (TPSA) is 95.3 Å². The molecule has 104 valence electrons. The molecule has 2 aliphatic rings. The maximum Gasteiger partial charge on any atom is 0.328 e. The lowest BCUT2D eigenvalue weighted by atomic mass is 10.0. The number of hydrogen-bond acceptors (Lipinski definition) is 4. The minimum Gasteiger partial charge on any atom is -0.396 e. The third kappa shape index (κ3) is 1.48. The van der Waals surface area contributed by atoms with Crippen LogP contribution in [0.15, 0.2) is 15.8 Å². The highest BCUT2D eigenvalue weighted by Gasteiger charge is 2.72. The van der Waals surface area contributed by atoms with Crippen LogP contribution in [0, 0.1) is 18.3 Å². The molecule has 1 aromatic heterocycles. The summed E-state index contributed by atoms with van der Waals surface area (Å²) in [6.45, 7) is 1.23. The molecule has 0 bridgehead atoms. The van der Waals surface area contributed by atoms with E-state index in [1.54, 1.807) is 0 Å². The first kappa shape index (κ1) is 12.6. The van der Waals surface area contributed by atoms with Gasteiger partial charge in [0.15, 0.2) is 0 Å². The number of aliphatic hydroxyl groups excluding tert-OH is 2. The molecule has 0 spiro atoms. The van der Waals surface area contributed by atoms with Gasteiger partial charge in [-0.2, -0.15) is 0 Å². The molecule has 0 aromatic carbocycles. The van der Waals surface area contributed by atoms with Gasteiger partial charge in [0.25, 0.3) is 5.56 Å². The van der Waals surface area contributed by atoms with Gasteiger partial charge in [0.1, 0.15) is 6.17 Å². The first-order valence-corrected chi connectivity index (χ1v) is 6.17. The monoisotopic (exact) mass is 270 g/mol. The van der Waals surface area contributed by atoms with E-state index in [1.165, 1.54) is 13.1 Å². The summed E-state index contributed by atoms with van der Waals surface area (Å²) in [7, 11) is 0. The minimum absolute atomic E-state index is 0.273. The Hall–Kier alpha value is -1.47. The molecule has 0 saturated heterocycles. The number of fused-ring (bicyclic) bond motifs is 1. The number of H-pyrrole nitrogens is 1. The third-order valence-corrected chi connectivity index (χ3v) is 4.57. The number of aromatic amines is 1. The molecule has 0 unspecified atom stereocenters. The van der Waals surface area contributed by atoms with E-state index in [-0.39, 0.29) is 12.5 Å². The Balaban J connectivity index is 2.07. The number of nitrogens with zero attached hydrogens (tertiary/aromatic N) is 1. The van der Waals surface area contributed by atoms with Crippen molar-refractivity contribution >= 4 is 0 Å². The summed E-state index contributed by atoms with van der Waals surface area (Å²) >= 11 is 0. The van der Waals surface area contributed by atoms with E-state index in [0.29, 0.717) is 12.0 Å². The van der Waals surface area contributed by atoms with Crippen molar-refractivity contribution in [1.29, 1.82) is 0 Å². The first-order chi connectivity index (χ1) is 8.92. The van der Waals surface area contributed by atoms with Crippen molar-refractivity contribution in [1.82, 2.24) is 9.55 Å². The fourth-order valence-electron chi connectivity index (χ4n) is 3.31. The molecule has 1 heterocycles. The fourth-order valence-corrected chi connectivity index (χ4v) is 3.31. The number of rotatable bonds is 2. The molecule has 1 aromatic rings. The standard InChI is InChI=1S/C12H15FN2O4/c1-5-3-15(11(19)14-10(5)18)8-6-2-12(6,4-16)9(17)7(8)13/h3,6-9,16-17H,2,4H2,1H3,(H,14,18,19)/t6-,7+,8-,9+,12+/m1/s1. The fraction of sp³-hybridized carbons (Fsp3) is 0.667. The average molecular weight is 270 g/mol. The predicted molar refractivity (Wildman–Crippen MR) is 63.6 cm³/mol. The van der Waals surface area contributed by atoms with E-state index in [4.69, 9.17) is 0 Å². The van der Waals surface area contributed by atoms with Gasteiger partial charge < -0.3 is 10.2 Å². The number of aliphatic hydroxyl groups is 2. The van der Waals surface area contributed by atoms with Gasteiger partial charge in [0.05, 0.1) is 18.8 Å². The van der Waals surface area contributed by atoms with Crippen LogP contribution in [0.1, 0.15) is 18.0 Å². The van der Waals surface area contributed by atoms with Crippen LogP contribution in [0.2, 0.25) is 0 Å². The highest BCUT2D eigenvalue weighted by atomic mass is 19.1. The van der Waals surface area contributed by atoms with Crippen LogP contribution >= 0.6 is 0 Å². The molecule has 0 amide bonds. The number of aryl methyl sites for hydroxylation is 1. The highest BCUT2D eigenvalue weighted by Crippen LogP contribution is 2.67. The van der Waals surface area contributed by atoms with Gasteiger partial charge >= 0.3 is 5.69 Å². The van der Waals surface area contributed by atoms with Gasteiger partial charge in [-0.05, 0) is 19.3 Å². The molecule has 3 rings (SSSR count). The van der Waals surface area contributed by atoms with E-state index in [1.807, 2.05) is 0 Å². The van der Waals surface area contributed by atoms with Gasteiger partial charge in [0.2, 0.25) is 0 Å². The number of alkyl halides is 1. The van der Waals surface area contributed by atoms with Crippen molar-refractivity contribution in [3.05, 3.63) is 32.6 Å². The van der Waals surface area contributed by atoms with Crippen molar-refractivity contribution in [2.75, 3.05) is 6.61 Å². The van der Waals surface area contributed by atoms with Gasteiger partial charge in [0, 0.05) is 17.2 Å². The molecule has 3 N–H and O–H groups in total. The van der Waals surface area contributed by atoms with Crippen LogP contribution in [-0.4, -0.2) is 38.6 Å². The van der Waals surface area contributed by atoms with Crippen LogP contribution in [0.4, 0.5) is 4.39 Å². The Morgan fingerprint density at radius 3 is 2.84 bits per heavy atom. The molecule has 7 heteroatoms. The largest absolute Gasteiger partial charge is 0.396 e. The molecule has 6 nitrogen and oxygen atoms in total. The van der Waals surface area contributed by atoms with Crippen LogP contribution in [-0.2, 0) is 0 Å². The summed E-state index contributed by atoms with van der Waals surface area (Å²) in [6.07, 6.45) is -1.09. The summed E-state index contributed by atoms with van der Waals surface area (Å²) in [4.78, 5) is 25.2. The Morgan fingerprint density at radius 2 is 2.26 bits per heavy atom. The Kier molecular flexibility index (Phi) is 2.49. The quantitative estimate of drug-likeness (QED) is 0.649. The summed E-state index contributed by atoms with van der Waals surface area (Å²) in [5.74, 6) is -0.273. The van der Waals surface area contributed by atoms with Gasteiger partial charge in [-0.15, -0.1) is 0 Å². The first-order valence-electron chi connectivity index (χ1n) is 6.17. The molecule has 2 aliphatic carbocycles.